The van der Waals surface area contributed by atoms with Gasteiger partial charge in [0.15, 0.2) is 0 Å². The Morgan fingerprint density at radius 1 is 1.55 bits per heavy atom. The van der Waals surface area contributed by atoms with Gasteiger partial charge in [-0.05, 0) is 25.0 Å². The van der Waals surface area contributed by atoms with Crippen LogP contribution in [0.2, 0.25) is 0 Å². The minimum absolute atomic E-state index is 0.00604. The number of anilines is 1. The Morgan fingerprint density at radius 2 is 2.25 bits per heavy atom. The fraction of sp³-hybridized carbons (Fsp3) is 0.385. The summed E-state index contributed by atoms with van der Waals surface area (Å²) >= 11 is 0. The van der Waals surface area contributed by atoms with Crippen LogP contribution >= 0.6 is 0 Å². The second-order valence-corrected chi connectivity index (χ2v) is 4.61. The predicted molar refractivity (Wildman–Crippen MR) is 70.4 cm³/mol. The lowest BCUT2D eigenvalue weighted by atomic mass is 10.1. The Balaban J connectivity index is 2.40. The van der Waals surface area contributed by atoms with Gasteiger partial charge < -0.3 is 10.0 Å². The van der Waals surface area contributed by atoms with Crippen molar-refractivity contribution in [1.82, 2.24) is 0 Å². The van der Waals surface area contributed by atoms with Gasteiger partial charge in [-0.25, -0.2) is 0 Å². The third-order valence-corrected chi connectivity index (χ3v) is 3.18. The number of benzene rings is 1. The first-order valence-corrected chi connectivity index (χ1v) is 6.20. The standard InChI is InChI=1S/C13H13N3O4/c14-8-9-2-1-3-11(13(9)16(19)20)15(10-4-5-10)7-6-12(17)18/h1-3,10H,4-7H2,(H,17,18). The van der Waals surface area contributed by atoms with Gasteiger partial charge in [-0.1, -0.05) is 6.07 Å². The zero-order valence-corrected chi connectivity index (χ0v) is 10.7. The summed E-state index contributed by atoms with van der Waals surface area (Å²) in [4.78, 5) is 23.1. The van der Waals surface area contributed by atoms with E-state index in [1.54, 1.807) is 17.0 Å². The van der Waals surface area contributed by atoms with Gasteiger partial charge in [0.1, 0.15) is 17.3 Å². The molecule has 0 heterocycles. The lowest BCUT2D eigenvalue weighted by Gasteiger charge is -2.23. The third kappa shape index (κ3) is 2.85. The maximum Gasteiger partial charge on any atom is 0.310 e. The van der Waals surface area contributed by atoms with E-state index >= 15 is 0 Å². The van der Waals surface area contributed by atoms with Crippen LogP contribution in [0, 0.1) is 21.4 Å². The van der Waals surface area contributed by atoms with Crippen molar-refractivity contribution in [3.05, 3.63) is 33.9 Å². The van der Waals surface area contributed by atoms with Gasteiger partial charge in [0.05, 0.1) is 11.3 Å². The molecule has 104 valence electrons. The van der Waals surface area contributed by atoms with E-state index in [2.05, 4.69) is 0 Å². The first-order valence-electron chi connectivity index (χ1n) is 6.20. The number of carboxylic acids is 1. The van der Waals surface area contributed by atoms with Crippen LogP contribution in [0.1, 0.15) is 24.8 Å². The maximum atomic E-state index is 11.2. The molecule has 1 aliphatic carbocycles. The van der Waals surface area contributed by atoms with Crippen molar-refractivity contribution in [3.63, 3.8) is 0 Å². The van der Waals surface area contributed by atoms with E-state index in [0.29, 0.717) is 5.69 Å². The smallest absolute Gasteiger partial charge is 0.310 e. The molecule has 0 radical (unpaired) electrons. The fourth-order valence-corrected chi connectivity index (χ4v) is 2.15. The number of nitro benzene ring substituents is 1. The molecule has 0 aliphatic heterocycles. The molecule has 2 rings (SSSR count). The highest BCUT2D eigenvalue weighted by molar-refractivity contribution is 5.72. The average molecular weight is 275 g/mol. The normalized spacial score (nSPS) is 13.6. The Morgan fingerprint density at radius 3 is 2.75 bits per heavy atom. The van der Waals surface area contributed by atoms with E-state index in [-0.39, 0.29) is 30.3 Å². The maximum absolute atomic E-state index is 11.2. The number of hydrogen-bond donors (Lipinski definition) is 1. The summed E-state index contributed by atoms with van der Waals surface area (Å²) in [6, 6.07) is 6.48. The number of nitro groups is 1. The minimum Gasteiger partial charge on any atom is -0.481 e. The van der Waals surface area contributed by atoms with Gasteiger partial charge >= 0.3 is 11.7 Å². The fourth-order valence-electron chi connectivity index (χ4n) is 2.15. The Bertz CT molecular complexity index is 590. The van der Waals surface area contributed by atoms with E-state index < -0.39 is 10.9 Å². The van der Waals surface area contributed by atoms with E-state index in [9.17, 15) is 14.9 Å². The van der Waals surface area contributed by atoms with Gasteiger partial charge in [0, 0.05) is 12.6 Å². The monoisotopic (exact) mass is 275 g/mol. The molecule has 0 amide bonds. The van der Waals surface area contributed by atoms with Crippen LogP contribution in [0.25, 0.3) is 0 Å². The number of para-hydroxylation sites is 1. The van der Waals surface area contributed by atoms with Crippen LogP contribution in [0.4, 0.5) is 11.4 Å². The highest BCUT2D eigenvalue weighted by Crippen LogP contribution is 2.38. The first-order chi connectivity index (χ1) is 9.54. The van der Waals surface area contributed by atoms with E-state index in [1.165, 1.54) is 6.07 Å². The molecule has 1 fully saturated rings. The number of carboxylic acid groups (broad SMARTS) is 1. The van der Waals surface area contributed by atoms with E-state index in [1.807, 2.05) is 6.07 Å². The quantitative estimate of drug-likeness (QED) is 0.627. The molecule has 0 spiro atoms. The zero-order chi connectivity index (χ0) is 14.7. The highest BCUT2D eigenvalue weighted by atomic mass is 16.6. The molecule has 0 atom stereocenters. The molecule has 0 unspecified atom stereocenters. The summed E-state index contributed by atoms with van der Waals surface area (Å²) in [5.41, 5.74) is 0.0820. The number of nitriles is 1. The van der Waals surface area contributed by atoms with Crippen LogP contribution in [0.15, 0.2) is 18.2 Å². The summed E-state index contributed by atoms with van der Waals surface area (Å²) in [5.74, 6) is -0.949. The van der Waals surface area contributed by atoms with Gasteiger partial charge in [-0.2, -0.15) is 5.26 Å². The second-order valence-electron chi connectivity index (χ2n) is 4.61. The van der Waals surface area contributed by atoms with Crippen LogP contribution < -0.4 is 4.90 Å². The molecular formula is C13H13N3O4. The van der Waals surface area contributed by atoms with Gasteiger partial charge in [0.25, 0.3) is 0 Å². The second kappa shape index (κ2) is 5.57. The summed E-state index contributed by atoms with van der Waals surface area (Å²) in [7, 11) is 0. The van der Waals surface area contributed by atoms with Gasteiger partial charge in [0.2, 0.25) is 0 Å². The van der Waals surface area contributed by atoms with Crippen molar-refractivity contribution in [2.45, 2.75) is 25.3 Å². The molecule has 7 heteroatoms. The SMILES string of the molecule is N#Cc1cccc(N(CCC(=O)O)C2CC2)c1[N+](=O)[O-]. The topological polar surface area (TPSA) is 107 Å². The molecule has 1 aromatic rings. The Hall–Kier alpha value is -2.62. The predicted octanol–water partition coefficient (Wildman–Crippen LogP) is 1.91. The van der Waals surface area contributed by atoms with Crippen molar-refractivity contribution in [2.24, 2.45) is 0 Å². The highest BCUT2D eigenvalue weighted by Gasteiger charge is 2.34. The molecule has 1 aromatic carbocycles. The van der Waals surface area contributed by atoms with Gasteiger partial charge in [-0.3, -0.25) is 14.9 Å². The van der Waals surface area contributed by atoms with E-state index in [4.69, 9.17) is 10.4 Å². The molecule has 1 saturated carbocycles. The zero-order valence-electron chi connectivity index (χ0n) is 10.7. The number of rotatable bonds is 6. The van der Waals surface area contributed by atoms with Crippen LogP contribution in [0.5, 0.6) is 0 Å². The summed E-state index contributed by atoms with van der Waals surface area (Å²) in [6.45, 7) is 0.204. The lowest BCUT2D eigenvalue weighted by molar-refractivity contribution is -0.384. The molecule has 0 aromatic heterocycles. The van der Waals surface area contributed by atoms with Crippen molar-refractivity contribution in [2.75, 3.05) is 11.4 Å². The number of hydrogen-bond acceptors (Lipinski definition) is 5. The molecular weight excluding hydrogens is 262 g/mol. The Kier molecular flexibility index (Phi) is 3.84. The summed E-state index contributed by atoms with van der Waals surface area (Å²) in [6.07, 6.45) is 1.67. The molecule has 7 nitrogen and oxygen atoms in total. The largest absolute Gasteiger partial charge is 0.481 e. The van der Waals surface area contributed by atoms with Crippen LogP contribution in [-0.4, -0.2) is 28.6 Å². The first kappa shape index (κ1) is 13.8. The van der Waals surface area contributed by atoms with Crippen molar-refractivity contribution >= 4 is 17.3 Å². The van der Waals surface area contributed by atoms with Crippen LogP contribution in [0.3, 0.4) is 0 Å². The summed E-state index contributed by atoms with van der Waals surface area (Å²) in [5, 5.41) is 29.0. The van der Waals surface area contributed by atoms with Crippen LogP contribution in [-0.2, 0) is 4.79 Å². The molecule has 20 heavy (non-hydrogen) atoms. The number of aliphatic carboxylic acids is 1. The summed E-state index contributed by atoms with van der Waals surface area (Å²) < 4.78 is 0. The molecule has 0 saturated heterocycles. The molecule has 0 bridgehead atoms. The average Bonchev–Trinajstić information content (AvgIpc) is 3.22. The molecule has 1 N–H and O–H groups in total. The Labute approximate surface area is 115 Å². The van der Waals surface area contributed by atoms with E-state index in [0.717, 1.165) is 12.8 Å². The van der Waals surface area contributed by atoms with Crippen molar-refractivity contribution < 1.29 is 14.8 Å². The number of carbonyl (C=O) groups is 1. The van der Waals surface area contributed by atoms with Crippen molar-refractivity contribution in [3.8, 4) is 6.07 Å². The van der Waals surface area contributed by atoms with Gasteiger partial charge in [-0.15, -0.1) is 0 Å². The number of nitrogens with zero attached hydrogens (tertiary/aromatic N) is 3. The minimum atomic E-state index is -0.949. The lowest BCUT2D eigenvalue weighted by Crippen LogP contribution is -2.29. The van der Waals surface area contributed by atoms with Crippen molar-refractivity contribution in [1.29, 1.82) is 5.26 Å². The third-order valence-electron chi connectivity index (χ3n) is 3.18. The molecule has 1 aliphatic rings.